The number of thioether (sulfide) groups is 1. The van der Waals surface area contributed by atoms with Crippen LogP contribution in [0.4, 0.5) is 5.00 Å². The Balaban J connectivity index is 1.67. The zero-order valence-corrected chi connectivity index (χ0v) is 16.0. The molecule has 0 aliphatic heterocycles. The predicted octanol–water partition coefficient (Wildman–Crippen LogP) is 2.10. The average Bonchev–Trinajstić information content (AvgIpc) is 3.13. The van der Waals surface area contributed by atoms with Crippen LogP contribution in [0.5, 0.6) is 0 Å². The summed E-state index contributed by atoms with van der Waals surface area (Å²) in [6.07, 6.45) is 4.36. The first-order valence-electron chi connectivity index (χ1n) is 8.45. The quantitative estimate of drug-likeness (QED) is 0.493. The molecule has 7 nitrogen and oxygen atoms in total. The van der Waals surface area contributed by atoms with Crippen LogP contribution in [0.2, 0.25) is 0 Å². The number of carbonyl (C=O) groups excluding carboxylic acids is 2. The summed E-state index contributed by atoms with van der Waals surface area (Å²) in [5.41, 5.74) is 7.40. The van der Waals surface area contributed by atoms with Crippen molar-refractivity contribution in [3.63, 3.8) is 0 Å². The van der Waals surface area contributed by atoms with E-state index in [0.717, 1.165) is 47.9 Å². The van der Waals surface area contributed by atoms with E-state index in [1.54, 1.807) is 0 Å². The molecular formula is C17H20N4O3S2. The number of aromatic amines is 1. The SMILES string of the molecule is CCCc1cc(=O)[nH]c(SCC(=O)Nc2sc3c(c2C(N)=O)CCC3)n1. The Hall–Kier alpha value is -2.13. The van der Waals surface area contributed by atoms with Gasteiger partial charge >= 0.3 is 0 Å². The van der Waals surface area contributed by atoms with Gasteiger partial charge in [-0.15, -0.1) is 11.3 Å². The van der Waals surface area contributed by atoms with Gasteiger partial charge in [-0.1, -0.05) is 25.1 Å². The molecule has 0 radical (unpaired) electrons. The average molecular weight is 393 g/mol. The summed E-state index contributed by atoms with van der Waals surface area (Å²) in [6.45, 7) is 2.01. The number of aromatic nitrogens is 2. The molecule has 9 heteroatoms. The van der Waals surface area contributed by atoms with E-state index in [-0.39, 0.29) is 17.2 Å². The molecule has 0 unspecified atom stereocenters. The van der Waals surface area contributed by atoms with Crippen LogP contribution < -0.4 is 16.6 Å². The van der Waals surface area contributed by atoms with Gasteiger partial charge < -0.3 is 16.0 Å². The van der Waals surface area contributed by atoms with Crippen molar-refractivity contribution in [1.29, 1.82) is 0 Å². The van der Waals surface area contributed by atoms with Gasteiger partial charge in [0.05, 0.1) is 11.3 Å². The molecule has 0 atom stereocenters. The molecule has 2 aromatic heterocycles. The van der Waals surface area contributed by atoms with Crippen LogP contribution in [0.3, 0.4) is 0 Å². The van der Waals surface area contributed by atoms with E-state index in [0.29, 0.717) is 27.8 Å². The molecule has 0 saturated heterocycles. The molecular weight excluding hydrogens is 372 g/mol. The number of hydrogen-bond acceptors (Lipinski definition) is 6. The molecule has 0 aromatic carbocycles. The highest BCUT2D eigenvalue weighted by Gasteiger charge is 2.26. The fourth-order valence-electron chi connectivity index (χ4n) is 2.99. The molecule has 2 aromatic rings. The van der Waals surface area contributed by atoms with E-state index in [2.05, 4.69) is 15.3 Å². The maximum Gasteiger partial charge on any atom is 0.251 e. The van der Waals surface area contributed by atoms with Crippen molar-refractivity contribution < 1.29 is 9.59 Å². The van der Waals surface area contributed by atoms with Crippen molar-refractivity contribution in [2.75, 3.05) is 11.1 Å². The minimum atomic E-state index is -0.509. The van der Waals surface area contributed by atoms with Gasteiger partial charge in [-0.05, 0) is 31.2 Å². The summed E-state index contributed by atoms with van der Waals surface area (Å²) in [6, 6.07) is 1.47. The number of nitrogens with one attached hydrogen (secondary N) is 2. The summed E-state index contributed by atoms with van der Waals surface area (Å²) in [5, 5.41) is 3.72. The normalized spacial score (nSPS) is 12.8. The zero-order chi connectivity index (χ0) is 18.7. The molecule has 3 rings (SSSR count). The molecule has 0 spiro atoms. The number of fused-ring (bicyclic) bond motifs is 1. The lowest BCUT2D eigenvalue weighted by molar-refractivity contribution is -0.113. The standard InChI is InChI=1S/C17H20N4O3S2/c1-2-4-9-7-12(22)21-17(19-9)25-8-13(23)20-16-14(15(18)24)10-5-3-6-11(10)26-16/h7H,2-6,8H2,1H3,(H2,18,24)(H,20,23)(H,19,21,22). The van der Waals surface area contributed by atoms with Crippen LogP contribution in [0.15, 0.2) is 16.0 Å². The van der Waals surface area contributed by atoms with Crippen LogP contribution in [0, 0.1) is 0 Å². The van der Waals surface area contributed by atoms with Crippen molar-refractivity contribution in [3.8, 4) is 0 Å². The van der Waals surface area contributed by atoms with Crippen LogP contribution in [-0.2, 0) is 24.1 Å². The summed E-state index contributed by atoms with van der Waals surface area (Å²) in [4.78, 5) is 43.8. The highest BCUT2D eigenvalue weighted by atomic mass is 32.2. The molecule has 2 amide bonds. The second-order valence-electron chi connectivity index (χ2n) is 6.05. The number of H-pyrrole nitrogens is 1. The molecule has 0 bridgehead atoms. The number of rotatable bonds is 7. The first kappa shape index (κ1) is 18.7. The van der Waals surface area contributed by atoms with E-state index in [1.165, 1.54) is 17.4 Å². The lowest BCUT2D eigenvalue weighted by Gasteiger charge is -2.06. The van der Waals surface area contributed by atoms with Gasteiger partial charge in [0, 0.05) is 16.6 Å². The largest absolute Gasteiger partial charge is 0.365 e. The van der Waals surface area contributed by atoms with Gasteiger partial charge in [0.1, 0.15) is 5.00 Å². The number of aryl methyl sites for hydroxylation is 2. The monoisotopic (exact) mass is 392 g/mol. The number of amides is 2. The summed E-state index contributed by atoms with van der Waals surface area (Å²) in [5.74, 6) is -0.689. The Kier molecular flexibility index (Phi) is 5.77. The van der Waals surface area contributed by atoms with Crippen LogP contribution in [-0.4, -0.2) is 27.5 Å². The van der Waals surface area contributed by atoms with Gasteiger partial charge in [-0.25, -0.2) is 4.98 Å². The number of primary amides is 1. The molecule has 4 N–H and O–H groups in total. The summed E-state index contributed by atoms with van der Waals surface area (Å²) in [7, 11) is 0. The number of nitrogens with zero attached hydrogens (tertiary/aromatic N) is 1. The molecule has 1 aliphatic rings. The van der Waals surface area contributed by atoms with Gasteiger partial charge in [0.15, 0.2) is 5.16 Å². The van der Waals surface area contributed by atoms with Crippen LogP contribution in [0.1, 0.15) is 46.3 Å². The number of thiophene rings is 1. The van der Waals surface area contributed by atoms with E-state index in [1.807, 2.05) is 6.92 Å². The van der Waals surface area contributed by atoms with Crippen LogP contribution >= 0.6 is 23.1 Å². The Bertz CT molecular complexity index is 904. The fourth-order valence-corrected chi connectivity index (χ4v) is 4.99. The molecule has 1 aliphatic carbocycles. The second kappa shape index (κ2) is 8.05. The lowest BCUT2D eigenvalue weighted by Crippen LogP contribution is -2.19. The smallest absolute Gasteiger partial charge is 0.251 e. The van der Waals surface area contributed by atoms with Crippen molar-refractivity contribution in [1.82, 2.24) is 9.97 Å². The third kappa shape index (κ3) is 4.16. The van der Waals surface area contributed by atoms with Crippen molar-refractivity contribution in [2.45, 2.75) is 44.2 Å². The van der Waals surface area contributed by atoms with Gasteiger partial charge in [-0.2, -0.15) is 0 Å². The second-order valence-corrected chi connectivity index (χ2v) is 8.12. The van der Waals surface area contributed by atoms with Crippen molar-refractivity contribution in [2.24, 2.45) is 5.73 Å². The predicted molar refractivity (Wildman–Crippen MR) is 103 cm³/mol. The Morgan fingerprint density at radius 3 is 2.96 bits per heavy atom. The molecule has 138 valence electrons. The minimum Gasteiger partial charge on any atom is -0.365 e. The first-order chi connectivity index (χ1) is 12.5. The van der Waals surface area contributed by atoms with E-state index in [4.69, 9.17) is 5.73 Å². The number of carbonyl (C=O) groups is 2. The molecule has 0 saturated carbocycles. The number of nitrogens with two attached hydrogens (primary N) is 1. The minimum absolute atomic E-state index is 0.0826. The fraction of sp³-hybridized carbons (Fsp3) is 0.412. The molecule has 26 heavy (non-hydrogen) atoms. The van der Waals surface area contributed by atoms with Crippen LogP contribution in [0.25, 0.3) is 0 Å². The Morgan fingerprint density at radius 2 is 2.23 bits per heavy atom. The third-order valence-corrected chi connectivity index (χ3v) is 6.12. The summed E-state index contributed by atoms with van der Waals surface area (Å²) >= 11 is 2.58. The Morgan fingerprint density at radius 1 is 1.42 bits per heavy atom. The Labute approximate surface area is 158 Å². The van der Waals surface area contributed by atoms with Crippen molar-refractivity contribution >= 4 is 39.9 Å². The van der Waals surface area contributed by atoms with E-state index >= 15 is 0 Å². The zero-order valence-electron chi connectivity index (χ0n) is 14.4. The number of hydrogen-bond donors (Lipinski definition) is 3. The highest BCUT2D eigenvalue weighted by Crippen LogP contribution is 2.38. The lowest BCUT2D eigenvalue weighted by atomic mass is 10.1. The van der Waals surface area contributed by atoms with Gasteiger partial charge in [0.2, 0.25) is 5.91 Å². The maximum absolute atomic E-state index is 12.3. The highest BCUT2D eigenvalue weighted by molar-refractivity contribution is 7.99. The molecule has 0 fully saturated rings. The number of anilines is 1. The molecule has 2 heterocycles. The first-order valence-corrected chi connectivity index (χ1v) is 10.3. The third-order valence-electron chi connectivity index (χ3n) is 4.04. The van der Waals surface area contributed by atoms with Gasteiger partial charge in [0.25, 0.3) is 11.5 Å². The van der Waals surface area contributed by atoms with Crippen molar-refractivity contribution in [3.05, 3.63) is 38.1 Å². The maximum atomic E-state index is 12.3. The topological polar surface area (TPSA) is 118 Å². The summed E-state index contributed by atoms with van der Waals surface area (Å²) < 4.78 is 0. The van der Waals surface area contributed by atoms with E-state index in [9.17, 15) is 14.4 Å². The van der Waals surface area contributed by atoms with Gasteiger partial charge in [-0.3, -0.25) is 14.4 Å². The van der Waals surface area contributed by atoms with E-state index < -0.39 is 5.91 Å².